The van der Waals surface area contributed by atoms with Gasteiger partial charge in [-0.3, -0.25) is 14.5 Å². The van der Waals surface area contributed by atoms with Gasteiger partial charge in [-0.15, -0.1) is 0 Å². The van der Waals surface area contributed by atoms with Crippen LogP contribution in [0.2, 0.25) is 0 Å². The number of carbonyl (C=O) groups excluding carboxylic acids is 2. The van der Waals surface area contributed by atoms with Crippen molar-refractivity contribution >= 4 is 46.2 Å². The zero-order valence-electron chi connectivity index (χ0n) is 14.3. The summed E-state index contributed by atoms with van der Waals surface area (Å²) in [6, 6.07) is 3.82. The number of amides is 2. The highest BCUT2D eigenvalue weighted by Gasteiger charge is 2.33. The van der Waals surface area contributed by atoms with Crippen LogP contribution >= 0.6 is 24.0 Å². The number of nitrogens with zero attached hydrogens (tertiary/aromatic N) is 4. The summed E-state index contributed by atoms with van der Waals surface area (Å²) in [5, 5.41) is 2.82. The van der Waals surface area contributed by atoms with Crippen LogP contribution in [0.25, 0.3) is 6.08 Å². The van der Waals surface area contributed by atoms with Crippen LogP contribution in [0.15, 0.2) is 42.0 Å². The third-order valence-electron chi connectivity index (χ3n) is 3.91. The fraction of sp³-hybridized carbons (Fsp3) is 0.294. The van der Waals surface area contributed by atoms with Gasteiger partial charge in [-0.1, -0.05) is 24.0 Å². The predicted molar refractivity (Wildman–Crippen MR) is 105 cm³/mol. The number of aromatic nitrogens is 3. The second-order valence-corrected chi connectivity index (χ2v) is 7.49. The lowest BCUT2D eigenvalue weighted by atomic mass is 10.3. The molecule has 1 aliphatic heterocycles. The average molecular weight is 390 g/mol. The van der Waals surface area contributed by atoms with Crippen LogP contribution in [-0.2, 0) is 23.2 Å². The molecule has 0 spiro atoms. The largest absolute Gasteiger partial charge is 0.354 e. The molecule has 2 amide bonds. The molecular weight excluding hydrogens is 370 g/mol. The molecule has 0 unspecified atom stereocenters. The van der Waals surface area contributed by atoms with Crippen LogP contribution in [-0.4, -0.2) is 48.2 Å². The quantitative estimate of drug-likeness (QED) is 0.443. The molecular formula is C17H19N5O2S2. The Bertz CT molecular complexity index is 841. The normalized spacial score (nSPS) is 15.9. The number of hydrogen-bond acceptors (Lipinski definition) is 5. The van der Waals surface area contributed by atoms with Crippen molar-refractivity contribution in [1.82, 2.24) is 24.3 Å². The number of carbonyl (C=O) groups is 2. The first-order chi connectivity index (χ1) is 12.5. The molecule has 2 aromatic heterocycles. The smallest absolute Gasteiger partial charge is 0.266 e. The molecule has 0 atom stereocenters. The van der Waals surface area contributed by atoms with Crippen LogP contribution in [0.1, 0.15) is 12.1 Å². The van der Waals surface area contributed by atoms with E-state index in [9.17, 15) is 9.59 Å². The standard InChI is InChI=1S/C17H19N5O2S2/c1-20-7-2-4-13(20)10-14-16(24)22(17(25)26-14)11-15(23)19-5-3-8-21-9-6-18-12-21/h2,4,6-7,9-10,12H,3,5,8,11H2,1H3,(H,19,23). The lowest BCUT2D eigenvalue weighted by Crippen LogP contribution is -2.39. The van der Waals surface area contributed by atoms with Gasteiger partial charge in [-0.25, -0.2) is 4.98 Å². The molecule has 26 heavy (non-hydrogen) atoms. The molecule has 1 saturated heterocycles. The molecule has 1 aliphatic rings. The van der Waals surface area contributed by atoms with E-state index in [-0.39, 0.29) is 18.4 Å². The van der Waals surface area contributed by atoms with Gasteiger partial charge in [0.05, 0.1) is 11.2 Å². The molecule has 0 aliphatic carbocycles. The Hall–Kier alpha value is -2.39. The van der Waals surface area contributed by atoms with Crippen molar-refractivity contribution in [3.8, 4) is 0 Å². The number of rotatable bonds is 7. The second-order valence-electron chi connectivity index (χ2n) is 5.82. The minimum atomic E-state index is -0.227. The Morgan fingerprint density at radius 2 is 2.27 bits per heavy atom. The van der Waals surface area contributed by atoms with Gasteiger partial charge >= 0.3 is 0 Å². The van der Waals surface area contributed by atoms with Gasteiger partial charge in [0, 0.05) is 44.4 Å². The topological polar surface area (TPSA) is 72.2 Å². The van der Waals surface area contributed by atoms with Crippen molar-refractivity contribution in [2.75, 3.05) is 13.1 Å². The predicted octanol–water partition coefficient (Wildman–Crippen LogP) is 1.63. The summed E-state index contributed by atoms with van der Waals surface area (Å²) in [5.74, 6) is -0.443. The first-order valence-electron chi connectivity index (χ1n) is 8.14. The number of hydrogen-bond donors (Lipinski definition) is 1. The highest BCUT2D eigenvalue weighted by molar-refractivity contribution is 8.26. The molecule has 136 valence electrons. The Morgan fingerprint density at radius 3 is 2.96 bits per heavy atom. The van der Waals surface area contributed by atoms with Crippen LogP contribution in [0, 0.1) is 0 Å². The number of thioether (sulfide) groups is 1. The summed E-state index contributed by atoms with van der Waals surface area (Å²) in [6.07, 6.45) is 9.82. The summed E-state index contributed by atoms with van der Waals surface area (Å²) in [7, 11) is 1.91. The van der Waals surface area contributed by atoms with Crippen LogP contribution in [0.5, 0.6) is 0 Å². The van der Waals surface area contributed by atoms with Gasteiger partial charge in [0.25, 0.3) is 5.91 Å². The third-order valence-corrected chi connectivity index (χ3v) is 5.29. The summed E-state index contributed by atoms with van der Waals surface area (Å²) < 4.78 is 4.27. The lowest BCUT2D eigenvalue weighted by molar-refractivity contribution is -0.128. The van der Waals surface area contributed by atoms with E-state index >= 15 is 0 Å². The molecule has 1 N–H and O–H groups in total. The maximum atomic E-state index is 12.5. The van der Waals surface area contributed by atoms with E-state index in [4.69, 9.17) is 12.2 Å². The van der Waals surface area contributed by atoms with Crippen LogP contribution < -0.4 is 5.32 Å². The maximum absolute atomic E-state index is 12.5. The first-order valence-corrected chi connectivity index (χ1v) is 9.36. The Morgan fingerprint density at radius 1 is 1.42 bits per heavy atom. The van der Waals surface area contributed by atoms with Crippen molar-refractivity contribution in [2.45, 2.75) is 13.0 Å². The zero-order valence-corrected chi connectivity index (χ0v) is 15.9. The van der Waals surface area contributed by atoms with Crippen molar-refractivity contribution in [3.05, 3.63) is 47.6 Å². The van der Waals surface area contributed by atoms with Gasteiger partial charge in [-0.2, -0.15) is 0 Å². The monoisotopic (exact) mass is 389 g/mol. The van der Waals surface area contributed by atoms with Crippen molar-refractivity contribution in [3.63, 3.8) is 0 Å². The van der Waals surface area contributed by atoms with Gasteiger partial charge in [0.2, 0.25) is 5.91 Å². The molecule has 1 fully saturated rings. The number of aryl methyl sites for hydroxylation is 2. The zero-order chi connectivity index (χ0) is 18.5. The SMILES string of the molecule is Cn1cccc1C=C1SC(=S)N(CC(=O)NCCCn2ccnc2)C1=O. The average Bonchev–Trinajstić information content (AvgIpc) is 3.32. The van der Waals surface area contributed by atoms with Gasteiger partial charge in [0.15, 0.2) is 0 Å². The molecule has 0 saturated carbocycles. The molecule has 3 heterocycles. The van der Waals surface area contributed by atoms with E-state index in [1.807, 2.05) is 40.7 Å². The molecule has 0 bridgehead atoms. The maximum Gasteiger partial charge on any atom is 0.266 e. The Labute approximate surface area is 161 Å². The van der Waals surface area contributed by atoms with Gasteiger partial charge < -0.3 is 14.5 Å². The first kappa shape index (κ1) is 18.4. The summed E-state index contributed by atoms with van der Waals surface area (Å²) in [5.41, 5.74) is 0.912. The molecule has 7 nitrogen and oxygen atoms in total. The van der Waals surface area contributed by atoms with E-state index in [1.165, 1.54) is 16.7 Å². The minimum absolute atomic E-state index is 0.0553. The number of imidazole rings is 1. The van der Waals surface area contributed by atoms with Crippen LogP contribution in [0.4, 0.5) is 0 Å². The van der Waals surface area contributed by atoms with E-state index < -0.39 is 0 Å². The Kier molecular flexibility index (Phi) is 5.89. The summed E-state index contributed by atoms with van der Waals surface area (Å²) in [6.45, 7) is 1.26. The van der Waals surface area contributed by atoms with Gasteiger partial charge in [0.1, 0.15) is 10.9 Å². The highest BCUT2D eigenvalue weighted by atomic mass is 32.2. The van der Waals surface area contributed by atoms with E-state index in [1.54, 1.807) is 18.6 Å². The Balaban J connectivity index is 1.50. The minimum Gasteiger partial charge on any atom is -0.354 e. The van der Waals surface area contributed by atoms with E-state index in [0.29, 0.717) is 15.8 Å². The van der Waals surface area contributed by atoms with Crippen molar-refractivity contribution in [1.29, 1.82) is 0 Å². The fourth-order valence-corrected chi connectivity index (χ4v) is 3.74. The lowest BCUT2D eigenvalue weighted by Gasteiger charge is -2.14. The second kappa shape index (κ2) is 8.33. The molecule has 0 radical (unpaired) electrons. The molecule has 0 aromatic carbocycles. The van der Waals surface area contributed by atoms with E-state index in [0.717, 1.165) is 18.7 Å². The molecule has 2 aromatic rings. The highest BCUT2D eigenvalue weighted by Crippen LogP contribution is 2.32. The fourth-order valence-electron chi connectivity index (χ4n) is 2.50. The summed E-state index contributed by atoms with van der Waals surface area (Å²) >= 11 is 6.48. The van der Waals surface area contributed by atoms with Crippen LogP contribution in [0.3, 0.4) is 0 Å². The third kappa shape index (κ3) is 4.41. The van der Waals surface area contributed by atoms with Crippen molar-refractivity contribution in [2.24, 2.45) is 7.05 Å². The van der Waals surface area contributed by atoms with Crippen molar-refractivity contribution < 1.29 is 9.59 Å². The summed E-state index contributed by atoms with van der Waals surface area (Å²) in [4.78, 5) is 30.5. The number of nitrogens with one attached hydrogen (secondary N) is 1. The molecule has 9 heteroatoms. The molecule has 3 rings (SSSR count). The van der Waals surface area contributed by atoms with Gasteiger partial charge in [-0.05, 0) is 24.6 Å². The number of thiocarbonyl (C=S) groups is 1. The van der Waals surface area contributed by atoms with E-state index in [2.05, 4.69) is 10.3 Å².